The quantitative estimate of drug-likeness (QED) is 0.144. The van der Waals surface area contributed by atoms with Crippen molar-refractivity contribution in [2.24, 2.45) is 0 Å². The van der Waals surface area contributed by atoms with Gasteiger partial charge in [-0.05, 0) is 24.3 Å². The SMILES string of the molecule is COc1cc(O)c2c(=O)cc(-c3ccc(O)cc3)oc2c1[C@@H]1O[C@H](CO)[C@@H](O[C@@H]2O[C@H](CO)[C@@H](O)[C@H](O)[C@H]2O)[C@H](O)[C@H]1O. The summed E-state index contributed by atoms with van der Waals surface area (Å²) in [5.41, 5.74) is -0.631. The minimum absolute atomic E-state index is 0.0276. The van der Waals surface area contributed by atoms with E-state index in [9.17, 15) is 50.8 Å². The van der Waals surface area contributed by atoms with Gasteiger partial charge < -0.3 is 69.3 Å². The molecule has 0 spiro atoms. The number of benzene rings is 2. The smallest absolute Gasteiger partial charge is 0.197 e. The van der Waals surface area contributed by atoms with Crippen molar-refractivity contribution < 1.29 is 69.3 Å². The van der Waals surface area contributed by atoms with Crippen LogP contribution in [0.2, 0.25) is 0 Å². The first-order chi connectivity index (χ1) is 20.5. The van der Waals surface area contributed by atoms with E-state index < -0.39 is 85.6 Å². The molecule has 9 N–H and O–H groups in total. The molecule has 0 unspecified atom stereocenters. The summed E-state index contributed by atoms with van der Waals surface area (Å²) >= 11 is 0. The van der Waals surface area contributed by atoms with E-state index in [2.05, 4.69) is 0 Å². The molecule has 0 amide bonds. The Morgan fingerprint density at radius 2 is 1.49 bits per heavy atom. The van der Waals surface area contributed by atoms with E-state index in [1.54, 1.807) is 0 Å². The Kier molecular flexibility index (Phi) is 8.92. The zero-order valence-corrected chi connectivity index (χ0v) is 22.6. The van der Waals surface area contributed by atoms with Gasteiger partial charge in [-0.3, -0.25) is 4.79 Å². The number of rotatable bonds is 7. The molecule has 5 rings (SSSR count). The Labute approximate surface area is 242 Å². The summed E-state index contributed by atoms with van der Waals surface area (Å²) in [6.07, 6.45) is -16.6. The molecule has 0 radical (unpaired) electrons. The first-order valence-electron chi connectivity index (χ1n) is 13.3. The predicted octanol–water partition coefficient (Wildman–Crippen LogP) is -1.78. The fourth-order valence-corrected chi connectivity index (χ4v) is 5.35. The molecule has 234 valence electrons. The second kappa shape index (κ2) is 12.3. The van der Waals surface area contributed by atoms with Crippen LogP contribution in [0.1, 0.15) is 11.7 Å². The highest BCUT2D eigenvalue weighted by molar-refractivity contribution is 5.89. The highest BCUT2D eigenvalue weighted by Gasteiger charge is 2.51. The van der Waals surface area contributed by atoms with E-state index in [4.69, 9.17) is 23.4 Å². The highest BCUT2D eigenvalue weighted by Crippen LogP contribution is 2.45. The lowest BCUT2D eigenvalue weighted by Gasteiger charge is -2.46. The molecule has 3 aromatic rings. The second-order valence-electron chi connectivity index (χ2n) is 10.3. The van der Waals surface area contributed by atoms with E-state index in [-0.39, 0.29) is 33.8 Å². The van der Waals surface area contributed by atoms with Crippen LogP contribution in [0.25, 0.3) is 22.3 Å². The molecule has 0 bridgehead atoms. The number of hydrogen-bond acceptors (Lipinski definition) is 15. The second-order valence-corrected chi connectivity index (χ2v) is 10.3. The van der Waals surface area contributed by atoms with Crippen LogP contribution >= 0.6 is 0 Å². The van der Waals surface area contributed by atoms with Crippen LogP contribution in [0.3, 0.4) is 0 Å². The molecule has 2 aromatic carbocycles. The monoisotopic (exact) mass is 608 g/mol. The molecule has 10 atom stereocenters. The van der Waals surface area contributed by atoms with Crippen molar-refractivity contribution >= 4 is 11.0 Å². The normalized spacial score (nSPS) is 33.0. The number of methoxy groups -OCH3 is 1. The van der Waals surface area contributed by atoms with Gasteiger partial charge in [-0.15, -0.1) is 0 Å². The molecule has 2 saturated heterocycles. The number of phenolic OH excluding ortho intramolecular Hbond substituents is 2. The molecule has 1 aromatic heterocycles. The van der Waals surface area contributed by atoms with Crippen LogP contribution in [-0.2, 0) is 14.2 Å². The van der Waals surface area contributed by atoms with Gasteiger partial charge in [-0.1, -0.05) is 0 Å². The summed E-state index contributed by atoms with van der Waals surface area (Å²) in [5, 5.41) is 92.6. The lowest BCUT2D eigenvalue weighted by Crippen LogP contribution is -2.63. The summed E-state index contributed by atoms with van der Waals surface area (Å²) in [4.78, 5) is 13.2. The van der Waals surface area contributed by atoms with E-state index in [1.165, 1.54) is 31.4 Å². The minimum atomic E-state index is -1.86. The lowest BCUT2D eigenvalue weighted by molar-refractivity contribution is -0.342. The summed E-state index contributed by atoms with van der Waals surface area (Å²) in [6, 6.07) is 7.93. The lowest BCUT2D eigenvalue weighted by atomic mass is 9.89. The van der Waals surface area contributed by atoms with Gasteiger partial charge in [0, 0.05) is 17.7 Å². The van der Waals surface area contributed by atoms with Crippen molar-refractivity contribution in [1.29, 1.82) is 0 Å². The number of ether oxygens (including phenoxy) is 4. The molecule has 2 aliphatic heterocycles. The third-order valence-electron chi connectivity index (χ3n) is 7.64. The van der Waals surface area contributed by atoms with Gasteiger partial charge in [0.25, 0.3) is 0 Å². The minimum Gasteiger partial charge on any atom is -0.508 e. The zero-order chi connectivity index (χ0) is 31.2. The fourth-order valence-electron chi connectivity index (χ4n) is 5.35. The maximum Gasteiger partial charge on any atom is 0.197 e. The molecule has 15 nitrogen and oxygen atoms in total. The first-order valence-corrected chi connectivity index (χ1v) is 13.3. The van der Waals surface area contributed by atoms with Crippen LogP contribution in [0.15, 0.2) is 45.6 Å². The summed E-state index contributed by atoms with van der Waals surface area (Å²) < 4.78 is 28.3. The number of fused-ring (bicyclic) bond motifs is 1. The molecule has 2 fully saturated rings. The molecule has 43 heavy (non-hydrogen) atoms. The Balaban J connectivity index is 1.55. The van der Waals surface area contributed by atoms with Crippen LogP contribution in [0, 0.1) is 0 Å². The Hall–Kier alpha value is -3.35. The standard InChI is InChI=1S/C28H32O15/c1-39-15-7-13(33)18-12(32)6-14(10-2-4-11(31)5-3-10)40-26(18)19(15)27-23(37)22(36)25(17(9-30)41-27)43-28-24(38)21(35)20(34)16(8-29)42-28/h2-7,16-17,20-25,27-31,33-38H,8-9H2,1H3/t16-,17-,20-,21+,22-,23-,24-,25-,27+,28+/m1/s1. The largest absolute Gasteiger partial charge is 0.508 e. The number of aromatic hydroxyl groups is 2. The summed E-state index contributed by atoms with van der Waals surface area (Å²) in [7, 11) is 1.24. The van der Waals surface area contributed by atoms with Crippen LogP contribution in [0.5, 0.6) is 17.2 Å². The zero-order valence-electron chi connectivity index (χ0n) is 22.6. The van der Waals surface area contributed by atoms with Gasteiger partial charge in [-0.25, -0.2) is 0 Å². The predicted molar refractivity (Wildman–Crippen MR) is 143 cm³/mol. The molecule has 0 saturated carbocycles. The van der Waals surface area contributed by atoms with Crippen molar-refractivity contribution in [1.82, 2.24) is 0 Å². The molecule has 0 aliphatic carbocycles. The van der Waals surface area contributed by atoms with Gasteiger partial charge >= 0.3 is 0 Å². The van der Waals surface area contributed by atoms with Crippen molar-refractivity contribution in [2.75, 3.05) is 20.3 Å². The van der Waals surface area contributed by atoms with Crippen molar-refractivity contribution in [3.05, 3.63) is 52.2 Å². The number of hydrogen-bond donors (Lipinski definition) is 9. The average Bonchev–Trinajstić information content (AvgIpc) is 2.99. The van der Waals surface area contributed by atoms with Crippen molar-refractivity contribution in [3.63, 3.8) is 0 Å². The Bertz CT molecular complexity index is 1490. The average molecular weight is 609 g/mol. The van der Waals surface area contributed by atoms with E-state index in [1.807, 2.05) is 0 Å². The molecule has 3 heterocycles. The van der Waals surface area contributed by atoms with Gasteiger partial charge in [0.1, 0.15) is 83.3 Å². The van der Waals surface area contributed by atoms with E-state index >= 15 is 0 Å². The summed E-state index contributed by atoms with van der Waals surface area (Å²) in [6.45, 7) is -1.54. The van der Waals surface area contributed by atoms with Gasteiger partial charge in [-0.2, -0.15) is 0 Å². The van der Waals surface area contributed by atoms with Crippen molar-refractivity contribution in [3.8, 4) is 28.6 Å². The number of aliphatic hydroxyl groups is 7. The van der Waals surface area contributed by atoms with Gasteiger partial charge in [0.2, 0.25) is 0 Å². The Morgan fingerprint density at radius 1 is 0.814 bits per heavy atom. The van der Waals surface area contributed by atoms with E-state index in [0.717, 1.165) is 12.1 Å². The third-order valence-corrected chi connectivity index (χ3v) is 7.64. The molecule has 2 aliphatic rings. The van der Waals surface area contributed by atoms with Crippen LogP contribution < -0.4 is 10.2 Å². The van der Waals surface area contributed by atoms with Crippen LogP contribution in [-0.4, -0.2) is 121 Å². The maximum atomic E-state index is 13.2. The Morgan fingerprint density at radius 3 is 2.12 bits per heavy atom. The van der Waals surface area contributed by atoms with Gasteiger partial charge in [0.05, 0.1) is 25.9 Å². The summed E-state index contributed by atoms with van der Waals surface area (Å²) in [5.74, 6) is -0.609. The third kappa shape index (κ3) is 5.56. The topological polar surface area (TPSA) is 249 Å². The fraction of sp³-hybridized carbons (Fsp3) is 0.464. The highest BCUT2D eigenvalue weighted by atomic mass is 16.7. The first kappa shape index (κ1) is 31.1. The van der Waals surface area contributed by atoms with E-state index in [0.29, 0.717) is 5.56 Å². The number of aliphatic hydroxyl groups excluding tert-OH is 7. The molecular formula is C28H32O15. The molecule has 15 heteroatoms. The van der Waals surface area contributed by atoms with Gasteiger partial charge in [0.15, 0.2) is 17.3 Å². The van der Waals surface area contributed by atoms with Crippen molar-refractivity contribution in [2.45, 2.75) is 61.2 Å². The van der Waals surface area contributed by atoms with Crippen LogP contribution in [0.4, 0.5) is 0 Å². The molecular weight excluding hydrogens is 576 g/mol. The number of phenols is 2. The maximum absolute atomic E-state index is 13.2.